The number of nitrogens with zero attached hydrogens (tertiary/aromatic N) is 2. The Morgan fingerprint density at radius 3 is 2.43 bits per heavy atom. The van der Waals surface area contributed by atoms with Crippen LogP contribution in [0.4, 0.5) is 11.5 Å². The van der Waals surface area contributed by atoms with Gasteiger partial charge in [-0.3, -0.25) is 4.79 Å². The van der Waals surface area contributed by atoms with Gasteiger partial charge in [-0.05, 0) is 49.8 Å². The molecule has 0 aliphatic carbocycles. The zero-order chi connectivity index (χ0) is 16.7. The van der Waals surface area contributed by atoms with Crippen molar-refractivity contribution in [1.29, 1.82) is 0 Å². The molecule has 1 aromatic carbocycles. The maximum atomic E-state index is 11.9. The Kier molecular flexibility index (Phi) is 6.18. The van der Waals surface area contributed by atoms with E-state index in [1.165, 1.54) is 6.08 Å². The first kappa shape index (κ1) is 17.0. The largest absolute Gasteiger partial charge is 0.357 e. The molecular weight excluding hydrogens is 310 g/mol. The zero-order valence-corrected chi connectivity index (χ0v) is 14.0. The number of halogens is 1. The lowest BCUT2D eigenvalue weighted by Gasteiger charge is -2.19. The number of benzene rings is 1. The summed E-state index contributed by atoms with van der Waals surface area (Å²) in [5, 5.41) is 3.47. The van der Waals surface area contributed by atoms with Crippen LogP contribution in [0.3, 0.4) is 0 Å². The van der Waals surface area contributed by atoms with Crippen LogP contribution in [0.15, 0.2) is 48.7 Å². The molecule has 0 radical (unpaired) electrons. The fourth-order valence-electron chi connectivity index (χ4n) is 2.12. The summed E-state index contributed by atoms with van der Waals surface area (Å²) in [6, 6.07) is 11.0. The number of anilines is 2. The maximum absolute atomic E-state index is 11.9. The molecule has 120 valence electrons. The van der Waals surface area contributed by atoms with Gasteiger partial charge >= 0.3 is 0 Å². The van der Waals surface area contributed by atoms with E-state index < -0.39 is 0 Å². The molecule has 4 nitrogen and oxygen atoms in total. The van der Waals surface area contributed by atoms with Crippen LogP contribution in [0.1, 0.15) is 19.4 Å². The third-order valence-corrected chi connectivity index (χ3v) is 3.65. The van der Waals surface area contributed by atoms with Gasteiger partial charge < -0.3 is 10.2 Å². The minimum Gasteiger partial charge on any atom is -0.357 e. The summed E-state index contributed by atoms with van der Waals surface area (Å²) in [6.07, 6.45) is 4.90. The van der Waals surface area contributed by atoms with Gasteiger partial charge in [0.2, 0.25) is 5.91 Å². The van der Waals surface area contributed by atoms with Gasteiger partial charge in [-0.15, -0.1) is 0 Å². The zero-order valence-electron chi connectivity index (χ0n) is 13.3. The van der Waals surface area contributed by atoms with Crippen LogP contribution in [-0.4, -0.2) is 24.0 Å². The molecule has 0 aliphatic heterocycles. The second-order valence-corrected chi connectivity index (χ2v) is 5.39. The average Bonchev–Trinajstić information content (AvgIpc) is 2.57. The third-order valence-electron chi connectivity index (χ3n) is 3.40. The third kappa shape index (κ3) is 5.11. The molecule has 0 bridgehead atoms. The van der Waals surface area contributed by atoms with Crippen molar-refractivity contribution in [3.8, 4) is 0 Å². The van der Waals surface area contributed by atoms with E-state index in [0.717, 1.165) is 24.5 Å². The second-order valence-electron chi connectivity index (χ2n) is 4.95. The highest BCUT2D eigenvalue weighted by atomic mass is 35.5. The van der Waals surface area contributed by atoms with Crippen LogP contribution in [0.5, 0.6) is 0 Å². The molecule has 2 rings (SSSR count). The Balaban J connectivity index is 1.96. The number of rotatable bonds is 6. The van der Waals surface area contributed by atoms with Gasteiger partial charge in [-0.25, -0.2) is 4.98 Å². The van der Waals surface area contributed by atoms with Crippen molar-refractivity contribution in [2.45, 2.75) is 13.8 Å². The van der Waals surface area contributed by atoms with E-state index in [1.807, 2.05) is 24.3 Å². The Morgan fingerprint density at radius 1 is 1.17 bits per heavy atom. The van der Waals surface area contributed by atoms with Crippen LogP contribution in [0.25, 0.3) is 6.08 Å². The van der Waals surface area contributed by atoms with Crippen molar-refractivity contribution in [3.05, 3.63) is 59.3 Å². The Hall–Kier alpha value is -2.33. The van der Waals surface area contributed by atoms with Crippen molar-refractivity contribution in [2.75, 3.05) is 23.3 Å². The minimum atomic E-state index is -0.197. The number of aromatic nitrogens is 1. The van der Waals surface area contributed by atoms with E-state index in [0.29, 0.717) is 10.7 Å². The lowest BCUT2D eigenvalue weighted by atomic mass is 10.2. The average molecular weight is 330 g/mol. The monoisotopic (exact) mass is 329 g/mol. The number of carbonyl (C=O) groups is 1. The number of pyridine rings is 1. The van der Waals surface area contributed by atoms with E-state index in [4.69, 9.17) is 11.6 Å². The van der Waals surface area contributed by atoms with Gasteiger partial charge in [0.1, 0.15) is 5.82 Å². The SMILES string of the molecule is CCN(CC)c1ccc(NC(=O)/C=C/c2ccc(Cl)cc2)cn1. The van der Waals surface area contributed by atoms with E-state index in [9.17, 15) is 4.79 Å². The first-order valence-electron chi connectivity index (χ1n) is 7.58. The number of hydrogen-bond donors (Lipinski definition) is 1. The fourth-order valence-corrected chi connectivity index (χ4v) is 2.25. The second kappa shape index (κ2) is 8.34. The summed E-state index contributed by atoms with van der Waals surface area (Å²) in [4.78, 5) is 18.4. The van der Waals surface area contributed by atoms with Crippen LogP contribution in [0, 0.1) is 0 Å². The first-order chi connectivity index (χ1) is 11.1. The Bertz CT molecular complexity index is 662. The van der Waals surface area contributed by atoms with Crippen LogP contribution >= 0.6 is 11.6 Å². The maximum Gasteiger partial charge on any atom is 0.248 e. The highest BCUT2D eigenvalue weighted by Gasteiger charge is 2.04. The van der Waals surface area contributed by atoms with E-state index >= 15 is 0 Å². The first-order valence-corrected chi connectivity index (χ1v) is 7.95. The van der Waals surface area contributed by atoms with Crippen LogP contribution < -0.4 is 10.2 Å². The lowest BCUT2D eigenvalue weighted by Crippen LogP contribution is -2.22. The minimum absolute atomic E-state index is 0.197. The standard InChI is InChI=1S/C18H20ClN3O/c1-3-22(4-2)17-11-10-16(13-20-17)21-18(23)12-7-14-5-8-15(19)9-6-14/h5-13H,3-4H2,1-2H3,(H,21,23)/b12-7+. The summed E-state index contributed by atoms with van der Waals surface area (Å²) in [5.74, 6) is 0.710. The molecule has 0 saturated heterocycles. The normalized spacial score (nSPS) is 10.7. The van der Waals surface area contributed by atoms with Gasteiger partial charge in [-0.1, -0.05) is 23.7 Å². The molecule has 5 heteroatoms. The van der Waals surface area contributed by atoms with E-state index in [2.05, 4.69) is 29.0 Å². The molecule has 1 heterocycles. The van der Waals surface area contributed by atoms with Crippen molar-refractivity contribution in [1.82, 2.24) is 4.98 Å². The summed E-state index contributed by atoms with van der Waals surface area (Å²) >= 11 is 5.82. The summed E-state index contributed by atoms with van der Waals surface area (Å²) in [6.45, 7) is 5.98. The molecule has 0 fully saturated rings. The molecule has 0 unspecified atom stereocenters. The van der Waals surface area contributed by atoms with Crippen LogP contribution in [0.2, 0.25) is 5.02 Å². The summed E-state index contributed by atoms with van der Waals surface area (Å²) in [7, 11) is 0. The predicted octanol–water partition coefficient (Wildman–Crippen LogP) is 4.23. The van der Waals surface area contributed by atoms with Crippen molar-refractivity contribution in [2.24, 2.45) is 0 Å². The Labute approximate surface area is 141 Å². The quantitative estimate of drug-likeness (QED) is 0.806. The fraction of sp³-hybridized carbons (Fsp3) is 0.222. The molecule has 1 amide bonds. The Morgan fingerprint density at radius 2 is 1.87 bits per heavy atom. The molecule has 0 aliphatic rings. The van der Waals surface area contributed by atoms with E-state index in [-0.39, 0.29) is 5.91 Å². The molecule has 1 N–H and O–H groups in total. The van der Waals surface area contributed by atoms with Gasteiger partial charge in [0, 0.05) is 24.2 Å². The van der Waals surface area contributed by atoms with Gasteiger partial charge in [0.05, 0.1) is 11.9 Å². The van der Waals surface area contributed by atoms with Gasteiger partial charge in [-0.2, -0.15) is 0 Å². The van der Waals surface area contributed by atoms with Crippen molar-refractivity contribution < 1.29 is 4.79 Å². The highest BCUT2D eigenvalue weighted by Crippen LogP contribution is 2.14. The molecule has 0 atom stereocenters. The lowest BCUT2D eigenvalue weighted by molar-refractivity contribution is -0.111. The molecular formula is C18H20ClN3O. The molecule has 0 saturated carbocycles. The van der Waals surface area contributed by atoms with Crippen molar-refractivity contribution in [3.63, 3.8) is 0 Å². The number of hydrogen-bond acceptors (Lipinski definition) is 3. The summed E-state index contributed by atoms with van der Waals surface area (Å²) < 4.78 is 0. The van der Waals surface area contributed by atoms with Gasteiger partial charge in [0.15, 0.2) is 0 Å². The molecule has 0 spiro atoms. The van der Waals surface area contributed by atoms with Gasteiger partial charge in [0.25, 0.3) is 0 Å². The number of carbonyl (C=O) groups excluding carboxylic acids is 1. The van der Waals surface area contributed by atoms with E-state index in [1.54, 1.807) is 24.4 Å². The smallest absolute Gasteiger partial charge is 0.248 e. The number of nitrogens with one attached hydrogen (secondary N) is 1. The highest BCUT2D eigenvalue weighted by molar-refractivity contribution is 6.30. The van der Waals surface area contributed by atoms with Crippen LogP contribution in [-0.2, 0) is 4.79 Å². The number of amides is 1. The molecule has 1 aromatic heterocycles. The molecule has 23 heavy (non-hydrogen) atoms. The summed E-state index contributed by atoms with van der Waals surface area (Å²) in [5.41, 5.74) is 1.59. The predicted molar refractivity (Wildman–Crippen MR) is 96.9 cm³/mol. The van der Waals surface area contributed by atoms with Crippen molar-refractivity contribution >= 4 is 35.1 Å². The topological polar surface area (TPSA) is 45.2 Å². The molecule has 2 aromatic rings.